The third-order valence-electron chi connectivity index (χ3n) is 4.37. The smallest absolute Gasteiger partial charge is 0.148 e. The number of aliphatic imine (C=N–C) groups is 1. The van der Waals surface area contributed by atoms with Crippen molar-refractivity contribution >= 4 is 17.6 Å². The Bertz CT molecular complexity index is 846. The number of morpholine rings is 1. The number of nitrogens with two attached hydrogens (primary N) is 2. The molecular weight excluding hydrogens is 356 g/mol. The van der Waals surface area contributed by atoms with Crippen LogP contribution in [0.2, 0.25) is 0 Å². The number of anilines is 1. The van der Waals surface area contributed by atoms with Crippen LogP contribution in [-0.4, -0.2) is 60.5 Å². The number of hydrogen-bond acceptors (Lipinski definition) is 8. The van der Waals surface area contributed by atoms with Crippen molar-refractivity contribution in [2.45, 2.75) is 6.92 Å². The van der Waals surface area contributed by atoms with Crippen molar-refractivity contribution in [1.29, 1.82) is 0 Å². The average Bonchev–Trinajstić information content (AvgIpc) is 2.71. The Balaban J connectivity index is 1.62. The van der Waals surface area contributed by atoms with E-state index in [-0.39, 0.29) is 0 Å². The zero-order valence-corrected chi connectivity index (χ0v) is 16.0. The number of aryl methyl sites for hydroxylation is 1. The number of hydrogen-bond donors (Lipinski definition) is 2. The van der Waals surface area contributed by atoms with E-state index in [1.165, 1.54) is 6.20 Å². The summed E-state index contributed by atoms with van der Waals surface area (Å²) in [7, 11) is 0. The topological polar surface area (TPSA) is 112 Å². The van der Waals surface area contributed by atoms with Gasteiger partial charge in [-0.1, -0.05) is 0 Å². The predicted octanol–water partition coefficient (Wildman–Crippen LogP) is 1.86. The summed E-state index contributed by atoms with van der Waals surface area (Å²) in [5.41, 5.74) is 13.6. The van der Waals surface area contributed by atoms with E-state index >= 15 is 0 Å². The summed E-state index contributed by atoms with van der Waals surface area (Å²) in [4.78, 5) is 15.4. The van der Waals surface area contributed by atoms with Gasteiger partial charge in [0.1, 0.15) is 17.3 Å². The number of pyridine rings is 2. The lowest BCUT2D eigenvalue weighted by atomic mass is 10.2. The SMILES string of the molecule is Cc1nc(N)ccc1Oc1ccnc(C(C=NCCN2CCOCC2)=CN)c1. The fraction of sp³-hybridized carbons (Fsp3) is 0.350. The maximum atomic E-state index is 5.92. The minimum absolute atomic E-state index is 0.460. The molecule has 2 aromatic heterocycles. The molecule has 0 unspecified atom stereocenters. The fourth-order valence-electron chi connectivity index (χ4n) is 2.82. The molecule has 0 radical (unpaired) electrons. The third-order valence-corrected chi connectivity index (χ3v) is 4.37. The summed E-state index contributed by atoms with van der Waals surface area (Å²) in [6, 6.07) is 7.10. The Hall–Kier alpha value is -2.97. The lowest BCUT2D eigenvalue weighted by molar-refractivity contribution is 0.0395. The molecule has 28 heavy (non-hydrogen) atoms. The molecule has 1 fully saturated rings. The van der Waals surface area contributed by atoms with Crippen LogP contribution in [0.4, 0.5) is 5.82 Å². The van der Waals surface area contributed by atoms with E-state index in [1.807, 2.05) is 13.0 Å². The maximum absolute atomic E-state index is 5.92. The highest BCUT2D eigenvalue weighted by Gasteiger charge is 2.09. The first-order valence-electron chi connectivity index (χ1n) is 9.25. The molecule has 0 bridgehead atoms. The molecule has 0 aromatic carbocycles. The van der Waals surface area contributed by atoms with Crippen molar-refractivity contribution in [1.82, 2.24) is 14.9 Å². The predicted molar refractivity (Wildman–Crippen MR) is 110 cm³/mol. The van der Waals surface area contributed by atoms with Gasteiger partial charge < -0.3 is 20.9 Å². The van der Waals surface area contributed by atoms with Gasteiger partial charge in [-0.3, -0.25) is 14.9 Å². The van der Waals surface area contributed by atoms with E-state index in [9.17, 15) is 0 Å². The van der Waals surface area contributed by atoms with Crippen LogP contribution in [-0.2, 0) is 4.74 Å². The van der Waals surface area contributed by atoms with Crippen molar-refractivity contribution in [2.24, 2.45) is 10.7 Å². The van der Waals surface area contributed by atoms with E-state index in [0.717, 1.165) is 44.1 Å². The standard InChI is InChI=1S/C20H26N6O2/c1-15-19(2-3-20(22)25-15)28-17-4-5-24-18(12-17)16(13-21)14-23-6-7-26-8-10-27-11-9-26/h2-5,12-14H,6-11,21H2,1H3,(H2,22,25). The molecule has 4 N–H and O–H groups in total. The summed E-state index contributed by atoms with van der Waals surface area (Å²) in [5, 5.41) is 0. The third kappa shape index (κ3) is 5.51. The first-order valence-corrected chi connectivity index (χ1v) is 9.25. The van der Waals surface area contributed by atoms with Gasteiger partial charge in [0.15, 0.2) is 0 Å². The molecule has 8 nitrogen and oxygen atoms in total. The number of allylic oxidation sites excluding steroid dienone is 1. The van der Waals surface area contributed by atoms with Gasteiger partial charge >= 0.3 is 0 Å². The van der Waals surface area contributed by atoms with Crippen molar-refractivity contribution < 1.29 is 9.47 Å². The van der Waals surface area contributed by atoms with Gasteiger partial charge in [-0.25, -0.2) is 4.98 Å². The summed E-state index contributed by atoms with van der Waals surface area (Å²) in [6.07, 6.45) is 4.93. The second kappa shape index (κ2) is 9.82. The van der Waals surface area contributed by atoms with Crippen LogP contribution in [0.25, 0.3) is 5.57 Å². The first kappa shape index (κ1) is 19.8. The molecular formula is C20H26N6O2. The highest BCUT2D eigenvalue weighted by Crippen LogP contribution is 2.25. The van der Waals surface area contributed by atoms with E-state index < -0.39 is 0 Å². The van der Waals surface area contributed by atoms with Crippen LogP contribution in [0.3, 0.4) is 0 Å². The number of nitrogens with zero attached hydrogens (tertiary/aromatic N) is 4. The minimum atomic E-state index is 0.460. The number of nitrogen functional groups attached to an aromatic ring is 1. The zero-order chi connectivity index (χ0) is 19.8. The molecule has 1 aliphatic heterocycles. The summed E-state index contributed by atoms with van der Waals surface area (Å²) in [6.45, 7) is 6.93. The lowest BCUT2D eigenvalue weighted by Crippen LogP contribution is -2.37. The van der Waals surface area contributed by atoms with E-state index in [2.05, 4.69) is 19.9 Å². The van der Waals surface area contributed by atoms with Crippen molar-refractivity contribution in [3.63, 3.8) is 0 Å². The summed E-state index contributed by atoms with van der Waals surface area (Å²) >= 11 is 0. The molecule has 8 heteroatoms. The highest BCUT2D eigenvalue weighted by atomic mass is 16.5. The van der Waals surface area contributed by atoms with Crippen LogP contribution >= 0.6 is 0 Å². The first-order chi connectivity index (χ1) is 13.7. The maximum Gasteiger partial charge on any atom is 0.148 e. The Morgan fingerprint density at radius 3 is 2.89 bits per heavy atom. The Kier molecular flexibility index (Phi) is 6.94. The number of aromatic nitrogens is 2. The second-order valence-corrected chi connectivity index (χ2v) is 6.41. The normalized spacial score (nSPS) is 15.8. The molecule has 2 aromatic rings. The number of ether oxygens (including phenoxy) is 2. The van der Waals surface area contributed by atoms with E-state index in [0.29, 0.717) is 29.6 Å². The van der Waals surface area contributed by atoms with Gasteiger partial charge in [-0.05, 0) is 25.1 Å². The lowest BCUT2D eigenvalue weighted by Gasteiger charge is -2.25. The molecule has 3 rings (SSSR count). The number of rotatable bonds is 7. The second-order valence-electron chi connectivity index (χ2n) is 6.41. The highest BCUT2D eigenvalue weighted by molar-refractivity contribution is 6.08. The molecule has 0 spiro atoms. The van der Waals surface area contributed by atoms with Crippen LogP contribution in [0.15, 0.2) is 41.7 Å². The van der Waals surface area contributed by atoms with Gasteiger partial charge in [0.05, 0.1) is 31.1 Å². The van der Waals surface area contributed by atoms with Crippen molar-refractivity contribution in [2.75, 3.05) is 45.1 Å². The molecule has 0 saturated carbocycles. The Morgan fingerprint density at radius 2 is 2.14 bits per heavy atom. The quantitative estimate of drug-likeness (QED) is 0.703. The van der Waals surface area contributed by atoms with Gasteiger partial charge in [-0.15, -0.1) is 0 Å². The van der Waals surface area contributed by atoms with Crippen LogP contribution in [0.5, 0.6) is 11.5 Å². The molecule has 3 heterocycles. The Labute approximate surface area is 164 Å². The summed E-state index contributed by atoms with van der Waals surface area (Å²) in [5.74, 6) is 1.74. The van der Waals surface area contributed by atoms with Gasteiger partial charge in [-0.2, -0.15) is 0 Å². The Morgan fingerprint density at radius 1 is 1.32 bits per heavy atom. The van der Waals surface area contributed by atoms with Gasteiger partial charge in [0, 0.05) is 49.9 Å². The van der Waals surface area contributed by atoms with Gasteiger partial charge in [0.25, 0.3) is 0 Å². The van der Waals surface area contributed by atoms with Crippen LogP contribution < -0.4 is 16.2 Å². The largest absolute Gasteiger partial charge is 0.455 e. The van der Waals surface area contributed by atoms with Crippen molar-refractivity contribution in [3.05, 3.63) is 48.1 Å². The molecule has 0 aliphatic carbocycles. The van der Waals surface area contributed by atoms with Crippen LogP contribution in [0.1, 0.15) is 11.4 Å². The molecule has 148 valence electrons. The van der Waals surface area contributed by atoms with Crippen LogP contribution in [0, 0.1) is 6.92 Å². The minimum Gasteiger partial charge on any atom is -0.455 e. The zero-order valence-electron chi connectivity index (χ0n) is 16.0. The molecule has 0 amide bonds. The average molecular weight is 382 g/mol. The summed E-state index contributed by atoms with van der Waals surface area (Å²) < 4.78 is 11.3. The van der Waals surface area contributed by atoms with E-state index in [4.69, 9.17) is 20.9 Å². The van der Waals surface area contributed by atoms with Gasteiger partial charge in [0.2, 0.25) is 0 Å². The van der Waals surface area contributed by atoms with Crippen molar-refractivity contribution in [3.8, 4) is 11.5 Å². The fourth-order valence-corrected chi connectivity index (χ4v) is 2.82. The molecule has 1 saturated heterocycles. The molecule has 1 aliphatic rings. The van der Waals surface area contributed by atoms with E-state index in [1.54, 1.807) is 30.6 Å². The monoisotopic (exact) mass is 382 g/mol. The molecule has 0 atom stereocenters.